The van der Waals surface area contributed by atoms with Crippen LogP contribution in [0.1, 0.15) is 61.4 Å². The molecule has 1 aliphatic rings. The standard InChI is InChI=1S/C24H31NO2/c1-2-7-23(26)21-11-13-22(14-12-21)25-18-16-24(27,17-19-25)15-6-10-20-8-4-3-5-9-20/h3-5,8-9,11-14,27H,2,6-7,10,15-19H2,1H3. The van der Waals surface area contributed by atoms with Gasteiger partial charge in [0, 0.05) is 30.8 Å². The van der Waals surface area contributed by atoms with Crippen LogP contribution in [0.3, 0.4) is 0 Å². The van der Waals surface area contributed by atoms with E-state index < -0.39 is 5.60 Å². The summed E-state index contributed by atoms with van der Waals surface area (Å²) in [5, 5.41) is 10.9. The van der Waals surface area contributed by atoms with Crippen molar-refractivity contribution in [3.63, 3.8) is 0 Å². The van der Waals surface area contributed by atoms with E-state index in [0.717, 1.165) is 62.9 Å². The maximum absolute atomic E-state index is 12.0. The van der Waals surface area contributed by atoms with Gasteiger partial charge in [-0.15, -0.1) is 0 Å². The van der Waals surface area contributed by atoms with Crippen molar-refractivity contribution in [3.05, 3.63) is 65.7 Å². The lowest BCUT2D eigenvalue weighted by Gasteiger charge is -2.39. The fourth-order valence-corrected chi connectivity index (χ4v) is 3.93. The van der Waals surface area contributed by atoms with E-state index in [9.17, 15) is 9.90 Å². The Labute approximate surface area is 163 Å². The average molecular weight is 366 g/mol. The predicted octanol–water partition coefficient (Wildman–Crippen LogP) is 5.02. The molecule has 0 aromatic heterocycles. The molecule has 2 aromatic rings. The van der Waals surface area contributed by atoms with Gasteiger partial charge >= 0.3 is 0 Å². The maximum Gasteiger partial charge on any atom is 0.162 e. The minimum atomic E-state index is -0.539. The lowest BCUT2D eigenvalue weighted by Crippen LogP contribution is -2.44. The van der Waals surface area contributed by atoms with Crippen LogP contribution in [0.2, 0.25) is 0 Å². The highest BCUT2D eigenvalue weighted by molar-refractivity contribution is 5.96. The highest BCUT2D eigenvalue weighted by atomic mass is 16.3. The van der Waals surface area contributed by atoms with Gasteiger partial charge in [-0.3, -0.25) is 4.79 Å². The van der Waals surface area contributed by atoms with Crippen molar-refractivity contribution in [1.29, 1.82) is 0 Å². The Hall–Kier alpha value is -2.13. The van der Waals surface area contributed by atoms with Crippen LogP contribution in [-0.4, -0.2) is 29.6 Å². The Morgan fingerprint density at radius 1 is 1.04 bits per heavy atom. The number of anilines is 1. The van der Waals surface area contributed by atoms with Gasteiger partial charge in [-0.05, 0) is 68.4 Å². The molecule has 1 saturated heterocycles. The minimum Gasteiger partial charge on any atom is -0.390 e. The van der Waals surface area contributed by atoms with Crippen LogP contribution in [0.5, 0.6) is 0 Å². The highest BCUT2D eigenvalue weighted by Crippen LogP contribution is 2.30. The fraction of sp³-hybridized carbons (Fsp3) is 0.458. The van der Waals surface area contributed by atoms with E-state index in [2.05, 4.69) is 29.2 Å². The van der Waals surface area contributed by atoms with Crippen LogP contribution in [-0.2, 0) is 6.42 Å². The van der Waals surface area contributed by atoms with Crippen LogP contribution in [0, 0.1) is 0 Å². The Morgan fingerprint density at radius 2 is 1.70 bits per heavy atom. The van der Waals surface area contributed by atoms with Gasteiger partial charge in [-0.25, -0.2) is 0 Å². The summed E-state index contributed by atoms with van der Waals surface area (Å²) in [5.74, 6) is 0.218. The number of carbonyl (C=O) groups is 1. The lowest BCUT2D eigenvalue weighted by atomic mass is 9.85. The summed E-state index contributed by atoms with van der Waals surface area (Å²) in [6.45, 7) is 3.76. The first-order valence-electron chi connectivity index (χ1n) is 10.2. The average Bonchev–Trinajstić information content (AvgIpc) is 2.70. The molecule has 2 aromatic carbocycles. The third-order valence-corrected chi connectivity index (χ3v) is 5.68. The number of aryl methyl sites for hydroxylation is 1. The van der Waals surface area contributed by atoms with Gasteiger partial charge in [0.15, 0.2) is 5.78 Å². The number of hydrogen-bond donors (Lipinski definition) is 1. The number of Topliss-reactive ketones (excluding diaryl/α,β-unsaturated/α-hetero) is 1. The second-order valence-corrected chi connectivity index (χ2v) is 7.77. The molecule has 144 valence electrons. The molecule has 0 atom stereocenters. The summed E-state index contributed by atoms with van der Waals surface area (Å²) in [5.41, 5.74) is 2.75. The monoisotopic (exact) mass is 365 g/mol. The number of ketones is 1. The molecule has 3 nitrogen and oxygen atoms in total. The van der Waals surface area contributed by atoms with E-state index in [1.807, 2.05) is 37.3 Å². The second kappa shape index (κ2) is 9.18. The van der Waals surface area contributed by atoms with Crippen molar-refractivity contribution >= 4 is 11.5 Å². The molecule has 0 amide bonds. The predicted molar refractivity (Wildman–Crippen MR) is 111 cm³/mol. The first-order valence-corrected chi connectivity index (χ1v) is 10.2. The van der Waals surface area contributed by atoms with E-state index in [0.29, 0.717) is 6.42 Å². The van der Waals surface area contributed by atoms with Crippen molar-refractivity contribution in [2.45, 2.75) is 57.5 Å². The van der Waals surface area contributed by atoms with Crippen molar-refractivity contribution in [2.75, 3.05) is 18.0 Å². The van der Waals surface area contributed by atoms with Gasteiger partial charge in [-0.1, -0.05) is 37.3 Å². The van der Waals surface area contributed by atoms with Gasteiger partial charge in [0.2, 0.25) is 0 Å². The van der Waals surface area contributed by atoms with Crippen molar-refractivity contribution in [1.82, 2.24) is 0 Å². The van der Waals surface area contributed by atoms with E-state index in [4.69, 9.17) is 0 Å². The summed E-state index contributed by atoms with van der Waals surface area (Å²) in [4.78, 5) is 14.3. The normalized spacial score (nSPS) is 16.3. The molecule has 0 radical (unpaired) electrons. The summed E-state index contributed by atoms with van der Waals surface area (Å²) in [6, 6.07) is 18.5. The Bertz CT molecular complexity index is 716. The van der Waals surface area contributed by atoms with E-state index in [-0.39, 0.29) is 5.78 Å². The molecule has 0 saturated carbocycles. The molecule has 0 bridgehead atoms. The summed E-state index contributed by atoms with van der Waals surface area (Å²) in [6.07, 6.45) is 6.01. The molecular formula is C24H31NO2. The van der Waals surface area contributed by atoms with Crippen molar-refractivity contribution in [3.8, 4) is 0 Å². The Kier molecular flexibility index (Phi) is 6.68. The van der Waals surface area contributed by atoms with Crippen LogP contribution in [0.25, 0.3) is 0 Å². The van der Waals surface area contributed by atoms with Crippen LogP contribution < -0.4 is 4.90 Å². The Morgan fingerprint density at radius 3 is 2.33 bits per heavy atom. The SMILES string of the molecule is CCCC(=O)c1ccc(N2CCC(O)(CCCc3ccccc3)CC2)cc1. The first-order chi connectivity index (χ1) is 13.1. The van der Waals surface area contributed by atoms with Gasteiger partial charge in [0.05, 0.1) is 5.60 Å². The molecular weight excluding hydrogens is 334 g/mol. The van der Waals surface area contributed by atoms with Crippen LogP contribution in [0.4, 0.5) is 5.69 Å². The van der Waals surface area contributed by atoms with Crippen molar-refractivity contribution in [2.24, 2.45) is 0 Å². The lowest BCUT2D eigenvalue weighted by molar-refractivity contribution is 0.00635. The molecule has 0 spiro atoms. The number of hydrogen-bond acceptors (Lipinski definition) is 3. The first kappa shape index (κ1) is 19.6. The summed E-state index contributed by atoms with van der Waals surface area (Å²) in [7, 11) is 0. The van der Waals surface area contributed by atoms with Crippen molar-refractivity contribution < 1.29 is 9.90 Å². The molecule has 3 heteroatoms. The summed E-state index contributed by atoms with van der Waals surface area (Å²) < 4.78 is 0. The molecule has 3 rings (SSSR count). The zero-order chi connectivity index (χ0) is 19.1. The molecule has 1 fully saturated rings. The molecule has 1 heterocycles. The maximum atomic E-state index is 12.0. The number of benzene rings is 2. The van der Waals surface area contributed by atoms with Gasteiger partial charge in [-0.2, -0.15) is 0 Å². The number of aliphatic hydroxyl groups is 1. The zero-order valence-electron chi connectivity index (χ0n) is 16.4. The minimum absolute atomic E-state index is 0.218. The molecule has 1 aliphatic heterocycles. The molecule has 27 heavy (non-hydrogen) atoms. The van der Waals surface area contributed by atoms with Crippen LogP contribution in [0.15, 0.2) is 54.6 Å². The third kappa shape index (κ3) is 5.43. The highest BCUT2D eigenvalue weighted by Gasteiger charge is 2.31. The van der Waals surface area contributed by atoms with Crippen LogP contribution >= 0.6 is 0 Å². The Balaban J connectivity index is 1.48. The quantitative estimate of drug-likeness (QED) is 0.668. The van der Waals surface area contributed by atoms with Gasteiger partial charge in [0.1, 0.15) is 0 Å². The fourth-order valence-electron chi connectivity index (χ4n) is 3.93. The zero-order valence-corrected chi connectivity index (χ0v) is 16.4. The molecule has 1 N–H and O–H groups in total. The number of nitrogens with zero attached hydrogens (tertiary/aromatic N) is 1. The molecule has 0 aliphatic carbocycles. The third-order valence-electron chi connectivity index (χ3n) is 5.68. The van der Waals surface area contributed by atoms with E-state index in [1.165, 1.54) is 5.56 Å². The van der Waals surface area contributed by atoms with Gasteiger partial charge < -0.3 is 10.0 Å². The summed E-state index contributed by atoms with van der Waals surface area (Å²) >= 11 is 0. The largest absolute Gasteiger partial charge is 0.390 e. The smallest absolute Gasteiger partial charge is 0.162 e. The number of carbonyl (C=O) groups excluding carboxylic acids is 1. The topological polar surface area (TPSA) is 40.5 Å². The number of rotatable bonds is 8. The van der Waals surface area contributed by atoms with E-state index in [1.54, 1.807) is 0 Å². The van der Waals surface area contributed by atoms with Gasteiger partial charge in [0.25, 0.3) is 0 Å². The number of piperidine rings is 1. The second-order valence-electron chi connectivity index (χ2n) is 7.77. The van der Waals surface area contributed by atoms with E-state index >= 15 is 0 Å². The molecule has 0 unspecified atom stereocenters.